The van der Waals surface area contributed by atoms with Crippen LogP contribution in [0.15, 0.2) is 48.7 Å². The summed E-state index contributed by atoms with van der Waals surface area (Å²) >= 11 is 0. The second-order valence-electron chi connectivity index (χ2n) is 11.8. The number of nitrogens with zero attached hydrogens (tertiary/aromatic N) is 1. The first-order chi connectivity index (χ1) is 19.4. The number of ether oxygens (including phenoxy) is 2. The van der Waals surface area contributed by atoms with E-state index < -0.39 is 11.9 Å². The highest BCUT2D eigenvalue weighted by molar-refractivity contribution is 5.70. The van der Waals surface area contributed by atoms with Crippen molar-refractivity contribution in [3.8, 4) is 22.8 Å². The average Bonchev–Trinajstić information content (AvgIpc) is 3.30. The standard InChI is InChI=1S/C33H37FN2O4/c1-19(33(37)38)11-20-3-4-22-6-10-30(40-31(22)15-20)23-5-9-27(28-17-32(39-2)35-18-29(28)34)24(16-23)12-21-13-25-7-8-26(14-21)36-25/h3-5,9,15-19,21,25-26,30,36H,6-8,10-14H2,1-2H3,(H,37,38). The van der Waals surface area contributed by atoms with Gasteiger partial charge in [-0.15, -0.1) is 0 Å². The molecule has 0 radical (unpaired) electrons. The number of fused-ring (bicyclic) bond motifs is 3. The Labute approximate surface area is 234 Å². The lowest BCUT2D eigenvalue weighted by Crippen LogP contribution is -2.38. The fourth-order valence-electron chi connectivity index (χ4n) is 6.85. The molecule has 2 aromatic carbocycles. The third-order valence-electron chi connectivity index (χ3n) is 8.95. The van der Waals surface area contributed by atoms with Crippen LogP contribution >= 0.6 is 0 Å². The van der Waals surface area contributed by atoms with Crippen LogP contribution in [0, 0.1) is 17.7 Å². The number of hydrogen-bond donors (Lipinski definition) is 2. The molecule has 0 spiro atoms. The van der Waals surface area contributed by atoms with Crippen LogP contribution < -0.4 is 14.8 Å². The van der Waals surface area contributed by atoms with Crippen LogP contribution in [0.5, 0.6) is 11.6 Å². The second kappa shape index (κ2) is 11.2. The molecule has 4 heterocycles. The van der Waals surface area contributed by atoms with E-state index in [4.69, 9.17) is 9.47 Å². The molecule has 40 heavy (non-hydrogen) atoms. The molecule has 3 aliphatic rings. The Bertz CT molecular complexity index is 1400. The first-order valence-corrected chi connectivity index (χ1v) is 14.5. The summed E-state index contributed by atoms with van der Waals surface area (Å²) in [6, 6.07) is 15.2. The topological polar surface area (TPSA) is 80.7 Å². The molecule has 0 amide bonds. The van der Waals surface area contributed by atoms with Crippen LogP contribution in [0.4, 0.5) is 4.39 Å². The molecule has 1 aromatic heterocycles. The molecule has 2 N–H and O–H groups in total. The number of carbonyl (C=O) groups is 1. The van der Waals surface area contributed by atoms with E-state index in [9.17, 15) is 9.90 Å². The minimum Gasteiger partial charge on any atom is -0.485 e. The number of piperidine rings is 1. The van der Waals surface area contributed by atoms with Gasteiger partial charge in [-0.05, 0) is 91.2 Å². The number of aryl methyl sites for hydroxylation is 1. The number of hydrogen-bond acceptors (Lipinski definition) is 5. The highest BCUT2D eigenvalue weighted by Crippen LogP contribution is 2.40. The molecule has 0 aliphatic carbocycles. The smallest absolute Gasteiger partial charge is 0.306 e. The summed E-state index contributed by atoms with van der Waals surface area (Å²) in [6.45, 7) is 1.73. The molecule has 3 aliphatic heterocycles. The van der Waals surface area contributed by atoms with Gasteiger partial charge in [0.15, 0.2) is 0 Å². The Morgan fingerprint density at radius 1 is 1.12 bits per heavy atom. The normalized spacial score (nSPS) is 24.2. The van der Waals surface area contributed by atoms with E-state index in [1.807, 2.05) is 18.2 Å². The number of methoxy groups -OCH3 is 1. The van der Waals surface area contributed by atoms with Crippen molar-refractivity contribution >= 4 is 5.97 Å². The van der Waals surface area contributed by atoms with E-state index in [2.05, 4.69) is 28.5 Å². The summed E-state index contributed by atoms with van der Waals surface area (Å²) in [6.07, 6.45) is 9.00. The van der Waals surface area contributed by atoms with Gasteiger partial charge in [0.1, 0.15) is 17.7 Å². The van der Waals surface area contributed by atoms with Crippen molar-refractivity contribution in [1.82, 2.24) is 10.3 Å². The molecular weight excluding hydrogens is 507 g/mol. The lowest BCUT2D eigenvalue weighted by molar-refractivity contribution is -0.141. The Morgan fingerprint density at radius 3 is 2.67 bits per heavy atom. The van der Waals surface area contributed by atoms with Crippen molar-refractivity contribution in [2.45, 2.75) is 76.5 Å². The average molecular weight is 545 g/mol. The minimum atomic E-state index is -0.797. The summed E-state index contributed by atoms with van der Waals surface area (Å²) in [5, 5.41) is 13.1. The Hall–Kier alpha value is -3.45. The van der Waals surface area contributed by atoms with Crippen LogP contribution in [0.1, 0.15) is 67.4 Å². The van der Waals surface area contributed by atoms with Crippen LogP contribution in [0.2, 0.25) is 0 Å². The first-order valence-electron chi connectivity index (χ1n) is 14.5. The van der Waals surface area contributed by atoms with Gasteiger partial charge in [0.05, 0.1) is 19.2 Å². The summed E-state index contributed by atoms with van der Waals surface area (Å²) in [4.78, 5) is 15.4. The summed E-state index contributed by atoms with van der Waals surface area (Å²) in [7, 11) is 1.55. The lowest BCUT2D eigenvalue weighted by Gasteiger charge is -2.31. The molecule has 2 bridgehead atoms. The summed E-state index contributed by atoms with van der Waals surface area (Å²) in [5.74, 6) is 0.167. The quantitative estimate of drug-likeness (QED) is 0.347. The summed E-state index contributed by atoms with van der Waals surface area (Å²) < 4.78 is 26.9. The van der Waals surface area contributed by atoms with Crippen LogP contribution in [-0.2, 0) is 24.1 Å². The molecule has 0 saturated carbocycles. The second-order valence-corrected chi connectivity index (χ2v) is 11.8. The predicted octanol–water partition coefficient (Wildman–Crippen LogP) is 6.30. The monoisotopic (exact) mass is 544 g/mol. The number of benzene rings is 2. The van der Waals surface area contributed by atoms with Gasteiger partial charge in [0.25, 0.3) is 0 Å². The SMILES string of the molecule is COc1cc(-c2ccc(C3CCc4ccc(CC(C)C(=O)O)cc4O3)cc2CC2CC3CCC(C2)N3)c(F)cn1. The molecular formula is C33H37FN2O4. The molecule has 2 saturated heterocycles. The molecule has 4 unspecified atom stereocenters. The van der Waals surface area contributed by atoms with Crippen molar-refractivity contribution < 1.29 is 23.8 Å². The molecule has 2 fully saturated rings. The van der Waals surface area contributed by atoms with Crippen molar-refractivity contribution in [3.05, 3.63) is 76.7 Å². The van der Waals surface area contributed by atoms with E-state index >= 15 is 4.39 Å². The Balaban J connectivity index is 1.31. The number of carboxylic acids is 1. The number of carboxylic acid groups (broad SMARTS) is 1. The number of rotatable bonds is 8. The van der Waals surface area contributed by atoms with Crippen LogP contribution in [0.3, 0.4) is 0 Å². The number of nitrogens with one attached hydrogen (secondary N) is 1. The van der Waals surface area contributed by atoms with Crippen molar-refractivity contribution in [2.24, 2.45) is 11.8 Å². The first kappa shape index (κ1) is 26.8. The van der Waals surface area contributed by atoms with Crippen LogP contribution in [-0.4, -0.2) is 35.3 Å². The maximum Gasteiger partial charge on any atom is 0.306 e. The van der Waals surface area contributed by atoms with Gasteiger partial charge in [0.2, 0.25) is 5.88 Å². The zero-order valence-electron chi connectivity index (χ0n) is 23.2. The molecule has 7 heteroatoms. The molecule has 3 aromatic rings. The Morgan fingerprint density at radius 2 is 1.93 bits per heavy atom. The molecule has 6 nitrogen and oxygen atoms in total. The minimum absolute atomic E-state index is 0.117. The molecule has 4 atom stereocenters. The maximum absolute atomic E-state index is 15.1. The van der Waals surface area contributed by atoms with Crippen LogP contribution in [0.25, 0.3) is 11.1 Å². The van der Waals surface area contributed by atoms with Gasteiger partial charge in [-0.3, -0.25) is 4.79 Å². The Kier molecular flexibility index (Phi) is 7.49. The van der Waals surface area contributed by atoms with E-state index in [1.54, 1.807) is 20.1 Å². The van der Waals surface area contributed by atoms with E-state index in [1.165, 1.54) is 19.0 Å². The molecule has 210 valence electrons. The number of halogens is 1. The van der Waals surface area contributed by atoms with Crippen molar-refractivity contribution in [2.75, 3.05) is 7.11 Å². The van der Waals surface area contributed by atoms with Gasteiger partial charge in [0, 0.05) is 23.7 Å². The zero-order chi connectivity index (χ0) is 27.8. The summed E-state index contributed by atoms with van der Waals surface area (Å²) in [5.41, 5.74) is 5.73. The highest BCUT2D eigenvalue weighted by atomic mass is 19.1. The number of aliphatic carboxylic acids is 1. The molecule has 6 rings (SSSR count). The van der Waals surface area contributed by atoms with E-state index in [-0.39, 0.29) is 11.9 Å². The fourth-order valence-corrected chi connectivity index (χ4v) is 6.85. The van der Waals surface area contributed by atoms with Crippen molar-refractivity contribution in [1.29, 1.82) is 0 Å². The zero-order valence-corrected chi connectivity index (χ0v) is 23.2. The highest BCUT2D eigenvalue weighted by Gasteiger charge is 2.34. The fraction of sp³-hybridized carbons (Fsp3) is 0.455. The predicted molar refractivity (Wildman–Crippen MR) is 151 cm³/mol. The maximum atomic E-state index is 15.1. The lowest BCUT2D eigenvalue weighted by atomic mass is 9.83. The third kappa shape index (κ3) is 5.57. The van der Waals surface area contributed by atoms with E-state index in [0.29, 0.717) is 35.9 Å². The number of pyridine rings is 1. The largest absolute Gasteiger partial charge is 0.485 e. The van der Waals surface area contributed by atoms with Gasteiger partial charge < -0.3 is 19.9 Å². The number of aromatic nitrogens is 1. The third-order valence-corrected chi connectivity index (χ3v) is 8.95. The van der Waals surface area contributed by atoms with Gasteiger partial charge in [-0.2, -0.15) is 0 Å². The van der Waals surface area contributed by atoms with Gasteiger partial charge in [-0.25, -0.2) is 9.37 Å². The van der Waals surface area contributed by atoms with Gasteiger partial charge >= 0.3 is 5.97 Å². The van der Waals surface area contributed by atoms with E-state index in [0.717, 1.165) is 65.7 Å². The van der Waals surface area contributed by atoms with Crippen molar-refractivity contribution in [3.63, 3.8) is 0 Å². The van der Waals surface area contributed by atoms with Gasteiger partial charge in [-0.1, -0.05) is 37.3 Å².